The van der Waals surface area contributed by atoms with Gasteiger partial charge in [-0.1, -0.05) is 90.4 Å². The minimum Gasteiger partial charge on any atom is -0.394 e. The molecule has 0 aromatic rings. The van der Waals surface area contributed by atoms with Gasteiger partial charge in [0, 0.05) is 6.04 Å². The van der Waals surface area contributed by atoms with E-state index >= 15 is 0 Å². The number of nitrogens with two attached hydrogens (primary N) is 1. The first-order valence-corrected chi connectivity index (χ1v) is 9.26. The van der Waals surface area contributed by atoms with Gasteiger partial charge in [-0.2, -0.15) is 0 Å². The molecule has 0 spiro atoms. The summed E-state index contributed by atoms with van der Waals surface area (Å²) in [7, 11) is 0. The molecule has 4 N–H and O–H groups in total. The second-order valence-corrected chi connectivity index (χ2v) is 6.45. The molecule has 0 rings (SSSR count). The number of hydrogen-bond acceptors (Lipinski definition) is 3. The number of unbranched alkanes of at least 4 members (excludes halogenated alkanes) is 12. The van der Waals surface area contributed by atoms with E-state index in [1.165, 1.54) is 77.0 Å². The van der Waals surface area contributed by atoms with Gasteiger partial charge in [0.2, 0.25) is 0 Å². The maximum atomic E-state index is 9.34. The topological polar surface area (TPSA) is 66.5 Å². The van der Waals surface area contributed by atoms with E-state index in [0.29, 0.717) is 0 Å². The SMILES string of the molecule is CCCCCCCCCCCCCCC[C@H](N)[C@H](O)CO. The van der Waals surface area contributed by atoms with E-state index in [1.807, 2.05) is 0 Å². The van der Waals surface area contributed by atoms with Crippen molar-refractivity contribution >= 4 is 0 Å². The van der Waals surface area contributed by atoms with Crippen LogP contribution >= 0.6 is 0 Å². The molecule has 0 aliphatic heterocycles. The predicted octanol–water partition coefficient (Wildman–Crippen LogP) is 4.15. The van der Waals surface area contributed by atoms with Crippen LogP contribution in [0.25, 0.3) is 0 Å². The van der Waals surface area contributed by atoms with E-state index in [4.69, 9.17) is 10.8 Å². The summed E-state index contributed by atoms with van der Waals surface area (Å²) in [4.78, 5) is 0. The maximum Gasteiger partial charge on any atom is 0.0921 e. The average molecular weight is 302 g/mol. The van der Waals surface area contributed by atoms with Crippen molar-refractivity contribution in [2.45, 2.75) is 109 Å². The fraction of sp³-hybridized carbons (Fsp3) is 1.00. The van der Waals surface area contributed by atoms with Gasteiger partial charge in [0.1, 0.15) is 0 Å². The Morgan fingerprint density at radius 3 is 1.48 bits per heavy atom. The molecule has 0 heterocycles. The Bertz CT molecular complexity index is 200. The lowest BCUT2D eigenvalue weighted by atomic mass is 10.0. The summed E-state index contributed by atoms with van der Waals surface area (Å²) in [6.45, 7) is 2.04. The van der Waals surface area contributed by atoms with E-state index in [0.717, 1.165) is 12.8 Å². The lowest BCUT2D eigenvalue weighted by Gasteiger charge is -2.16. The first-order chi connectivity index (χ1) is 10.2. The van der Waals surface area contributed by atoms with E-state index in [-0.39, 0.29) is 12.6 Å². The van der Waals surface area contributed by atoms with Crippen LogP contribution in [0.4, 0.5) is 0 Å². The fourth-order valence-electron chi connectivity index (χ4n) is 2.73. The molecule has 21 heavy (non-hydrogen) atoms. The molecule has 0 aromatic carbocycles. The van der Waals surface area contributed by atoms with Gasteiger partial charge < -0.3 is 15.9 Å². The van der Waals surface area contributed by atoms with Gasteiger partial charge in [0.05, 0.1) is 12.7 Å². The highest BCUT2D eigenvalue weighted by atomic mass is 16.3. The smallest absolute Gasteiger partial charge is 0.0921 e. The highest BCUT2D eigenvalue weighted by Gasteiger charge is 2.12. The number of aliphatic hydroxyl groups excluding tert-OH is 2. The van der Waals surface area contributed by atoms with Crippen LogP contribution in [0.1, 0.15) is 96.8 Å². The van der Waals surface area contributed by atoms with E-state index in [9.17, 15) is 5.11 Å². The zero-order chi connectivity index (χ0) is 15.8. The van der Waals surface area contributed by atoms with Crippen LogP contribution in [0.2, 0.25) is 0 Å². The van der Waals surface area contributed by atoms with Crippen molar-refractivity contribution < 1.29 is 10.2 Å². The van der Waals surface area contributed by atoms with Gasteiger partial charge in [-0.05, 0) is 6.42 Å². The number of rotatable bonds is 16. The summed E-state index contributed by atoms with van der Waals surface area (Å²) in [5.74, 6) is 0. The molecule has 0 bridgehead atoms. The molecule has 0 aromatic heterocycles. The molecular formula is C18H39NO2. The van der Waals surface area contributed by atoms with Crippen LogP contribution < -0.4 is 5.73 Å². The summed E-state index contributed by atoms with van der Waals surface area (Å²) in [5, 5.41) is 18.1. The van der Waals surface area contributed by atoms with Crippen molar-refractivity contribution in [3.63, 3.8) is 0 Å². The zero-order valence-corrected chi connectivity index (χ0v) is 14.2. The quantitative estimate of drug-likeness (QED) is 0.375. The van der Waals surface area contributed by atoms with E-state index in [2.05, 4.69) is 6.92 Å². The van der Waals surface area contributed by atoms with Gasteiger partial charge in [-0.15, -0.1) is 0 Å². The molecule has 2 atom stereocenters. The molecule has 0 radical (unpaired) electrons. The van der Waals surface area contributed by atoms with Crippen LogP contribution in [0, 0.1) is 0 Å². The summed E-state index contributed by atoms with van der Waals surface area (Å²) in [5.41, 5.74) is 5.76. The van der Waals surface area contributed by atoms with Crippen molar-refractivity contribution in [1.82, 2.24) is 0 Å². The standard InChI is InChI=1S/C18H39NO2/c1-2-3-4-5-6-7-8-9-10-11-12-13-14-15-17(19)18(21)16-20/h17-18,20-21H,2-16,19H2,1H3/t17-,18+/m0/s1. The lowest BCUT2D eigenvalue weighted by Crippen LogP contribution is -2.37. The third-order valence-corrected chi connectivity index (χ3v) is 4.32. The normalized spacial score (nSPS) is 14.3. The molecule has 0 aliphatic carbocycles. The van der Waals surface area contributed by atoms with Crippen LogP contribution in [0.5, 0.6) is 0 Å². The largest absolute Gasteiger partial charge is 0.394 e. The first kappa shape index (κ1) is 20.9. The van der Waals surface area contributed by atoms with Crippen molar-refractivity contribution in [3.8, 4) is 0 Å². The van der Waals surface area contributed by atoms with Crippen molar-refractivity contribution in [2.75, 3.05) is 6.61 Å². The summed E-state index contributed by atoms with van der Waals surface area (Å²) >= 11 is 0. The summed E-state index contributed by atoms with van der Waals surface area (Å²) < 4.78 is 0. The Labute approximate surface area is 132 Å². The lowest BCUT2D eigenvalue weighted by molar-refractivity contribution is 0.0711. The molecule has 0 aliphatic rings. The predicted molar refractivity (Wildman–Crippen MR) is 91.4 cm³/mol. The minimum atomic E-state index is -0.748. The van der Waals surface area contributed by atoms with Crippen molar-refractivity contribution in [2.24, 2.45) is 5.73 Å². The molecule has 128 valence electrons. The van der Waals surface area contributed by atoms with Crippen molar-refractivity contribution in [1.29, 1.82) is 0 Å². The maximum absolute atomic E-state index is 9.34. The summed E-state index contributed by atoms with van der Waals surface area (Å²) in [6, 6.07) is -0.261. The number of hydrogen-bond donors (Lipinski definition) is 3. The summed E-state index contributed by atoms with van der Waals surface area (Å²) in [6.07, 6.45) is 17.5. The average Bonchev–Trinajstić information content (AvgIpc) is 2.50. The zero-order valence-electron chi connectivity index (χ0n) is 14.2. The van der Waals surface area contributed by atoms with Crippen LogP contribution in [0.15, 0.2) is 0 Å². The van der Waals surface area contributed by atoms with E-state index < -0.39 is 6.10 Å². The Kier molecular flexibility index (Phi) is 16.2. The molecule has 3 nitrogen and oxygen atoms in total. The van der Waals surface area contributed by atoms with E-state index in [1.54, 1.807) is 0 Å². The fourth-order valence-corrected chi connectivity index (χ4v) is 2.73. The molecular weight excluding hydrogens is 262 g/mol. The molecule has 0 saturated heterocycles. The molecule has 0 fully saturated rings. The third-order valence-electron chi connectivity index (χ3n) is 4.32. The highest BCUT2D eigenvalue weighted by molar-refractivity contribution is 4.70. The van der Waals surface area contributed by atoms with Crippen LogP contribution in [0.3, 0.4) is 0 Å². The van der Waals surface area contributed by atoms with Crippen LogP contribution in [-0.2, 0) is 0 Å². The molecule has 0 unspecified atom stereocenters. The number of aliphatic hydroxyl groups is 2. The minimum absolute atomic E-state index is 0.223. The second-order valence-electron chi connectivity index (χ2n) is 6.45. The van der Waals surface area contributed by atoms with Gasteiger partial charge in [-0.25, -0.2) is 0 Å². The molecule has 0 amide bonds. The van der Waals surface area contributed by atoms with Crippen molar-refractivity contribution in [3.05, 3.63) is 0 Å². The second kappa shape index (κ2) is 16.3. The Morgan fingerprint density at radius 2 is 1.10 bits per heavy atom. The van der Waals surface area contributed by atoms with Gasteiger partial charge >= 0.3 is 0 Å². The highest BCUT2D eigenvalue weighted by Crippen LogP contribution is 2.13. The Balaban J connectivity index is 3.09. The van der Waals surface area contributed by atoms with Crippen LogP contribution in [-0.4, -0.2) is 29.0 Å². The Hall–Kier alpha value is -0.120. The van der Waals surface area contributed by atoms with Gasteiger partial charge in [0.25, 0.3) is 0 Å². The molecule has 3 heteroatoms. The molecule has 0 saturated carbocycles. The monoisotopic (exact) mass is 301 g/mol. The third kappa shape index (κ3) is 14.6. The van der Waals surface area contributed by atoms with Gasteiger partial charge in [0.15, 0.2) is 0 Å². The van der Waals surface area contributed by atoms with Gasteiger partial charge in [-0.3, -0.25) is 0 Å². The first-order valence-electron chi connectivity index (χ1n) is 9.26. The Morgan fingerprint density at radius 1 is 0.714 bits per heavy atom.